The highest BCUT2D eigenvalue weighted by molar-refractivity contribution is 7.18. The van der Waals surface area contributed by atoms with Crippen molar-refractivity contribution in [3.8, 4) is 10.4 Å². The molecule has 104 valence electrons. The van der Waals surface area contributed by atoms with E-state index in [4.69, 9.17) is 0 Å². The lowest BCUT2D eigenvalue weighted by molar-refractivity contribution is 0.272. The molecule has 0 radical (unpaired) electrons. The van der Waals surface area contributed by atoms with Crippen LogP contribution in [0, 0.1) is 0 Å². The van der Waals surface area contributed by atoms with Crippen LogP contribution < -0.4 is 5.32 Å². The molecular weight excluding hydrogens is 290 g/mol. The van der Waals surface area contributed by atoms with Crippen molar-refractivity contribution in [2.45, 2.75) is 20.0 Å². The molecule has 0 spiro atoms. The molecule has 3 heterocycles. The average Bonchev–Trinajstić information content (AvgIpc) is 3.12. The molecule has 3 aromatic heterocycles. The van der Waals surface area contributed by atoms with Gasteiger partial charge in [0.1, 0.15) is 17.3 Å². The molecule has 0 saturated carbocycles. The Morgan fingerprint density at radius 3 is 2.90 bits per heavy atom. The zero-order chi connectivity index (χ0) is 13.9. The molecule has 3 aromatic rings. The monoisotopic (exact) mass is 305 g/mol. The first kappa shape index (κ1) is 13.5. The highest BCUT2D eigenvalue weighted by atomic mass is 32.1. The lowest BCUT2D eigenvalue weighted by Gasteiger charge is -2.08. The molecule has 0 aliphatic rings. The minimum absolute atomic E-state index is 0.136. The van der Waals surface area contributed by atoms with E-state index in [-0.39, 0.29) is 6.61 Å². The number of nitrogens with zero attached hydrogens (tertiary/aromatic N) is 2. The molecule has 0 aromatic carbocycles. The number of thiophene rings is 2. The number of anilines is 1. The highest BCUT2D eigenvalue weighted by Gasteiger charge is 2.15. The van der Waals surface area contributed by atoms with Gasteiger partial charge in [0.2, 0.25) is 0 Å². The molecule has 20 heavy (non-hydrogen) atoms. The van der Waals surface area contributed by atoms with Crippen LogP contribution in [0.5, 0.6) is 0 Å². The van der Waals surface area contributed by atoms with Crippen LogP contribution in [0.2, 0.25) is 0 Å². The summed E-state index contributed by atoms with van der Waals surface area (Å²) in [5.74, 6) is 1.29. The highest BCUT2D eigenvalue weighted by Crippen LogP contribution is 2.38. The zero-order valence-corrected chi connectivity index (χ0v) is 12.7. The van der Waals surface area contributed by atoms with Crippen LogP contribution in [0.25, 0.3) is 20.7 Å². The zero-order valence-electron chi connectivity index (χ0n) is 11.1. The minimum atomic E-state index is -0.136. The largest absolute Gasteiger partial charge is 0.388 e. The number of nitrogens with one attached hydrogen (secondary N) is 1. The summed E-state index contributed by atoms with van der Waals surface area (Å²) in [4.78, 5) is 11.0. The maximum Gasteiger partial charge on any atom is 0.157 e. The van der Waals surface area contributed by atoms with E-state index in [0.29, 0.717) is 5.82 Å². The third-order valence-corrected chi connectivity index (χ3v) is 4.73. The van der Waals surface area contributed by atoms with E-state index >= 15 is 0 Å². The Labute approximate surface area is 125 Å². The summed E-state index contributed by atoms with van der Waals surface area (Å²) in [6.45, 7) is 2.84. The smallest absolute Gasteiger partial charge is 0.157 e. The lowest BCUT2D eigenvalue weighted by atomic mass is 10.2. The fourth-order valence-corrected chi connectivity index (χ4v) is 3.82. The molecule has 0 aliphatic heterocycles. The van der Waals surface area contributed by atoms with Gasteiger partial charge in [0.25, 0.3) is 0 Å². The SMILES string of the molecule is CCCNc1nc(CO)nc2scc(-c3cccs3)c12. The quantitative estimate of drug-likeness (QED) is 0.754. The molecule has 6 heteroatoms. The third kappa shape index (κ3) is 2.42. The van der Waals surface area contributed by atoms with Crippen LogP contribution in [0.3, 0.4) is 0 Å². The van der Waals surface area contributed by atoms with Gasteiger partial charge < -0.3 is 10.4 Å². The predicted molar refractivity (Wildman–Crippen MR) is 85.4 cm³/mol. The molecule has 0 saturated heterocycles. The van der Waals surface area contributed by atoms with E-state index in [2.05, 4.69) is 39.0 Å². The summed E-state index contributed by atoms with van der Waals surface area (Å²) in [5.41, 5.74) is 1.17. The second-order valence-corrected chi connectivity index (χ2v) is 6.19. The van der Waals surface area contributed by atoms with E-state index in [1.165, 1.54) is 10.4 Å². The van der Waals surface area contributed by atoms with Crippen LogP contribution in [-0.2, 0) is 6.61 Å². The first-order chi connectivity index (χ1) is 9.83. The van der Waals surface area contributed by atoms with Crippen molar-refractivity contribution >= 4 is 38.7 Å². The van der Waals surface area contributed by atoms with E-state index in [9.17, 15) is 5.11 Å². The Morgan fingerprint density at radius 1 is 1.30 bits per heavy atom. The third-order valence-electron chi connectivity index (χ3n) is 2.95. The van der Waals surface area contributed by atoms with Crippen LogP contribution in [0.15, 0.2) is 22.9 Å². The summed E-state index contributed by atoms with van der Waals surface area (Å²) >= 11 is 3.31. The Balaban J connectivity index is 2.18. The van der Waals surface area contributed by atoms with Gasteiger partial charge in [-0.25, -0.2) is 9.97 Å². The van der Waals surface area contributed by atoms with E-state index in [0.717, 1.165) is 29.0 Å². The van der Waals surface area contributed by atoms with Gasteiger partial charge in [-0.1, -0.05) is 13.0 Å². The molecular formula is C14H15N3OS2. The fourth-order valence-electron chi connectivity index (χ4n) is 2.04. The summed E-state index contributed by atoms with van der Waals surface area (Å²) in [6.07, 6.45) is 1.03. The molecule has 2 N–H and O–H groups in total. The van der Waals surface area contributed by atoms with E-state index in [1.807, 2.05) is 6.07 Å². The fraction of sp³-hybridized carbons (Fsp3) is 0.286. The van der Waals surface area contributed by atoms with Gasteiger partial charge in [0.05, 0.1) is 5.39 Å². The van der Waals surface area contributed by atoms with Gasteiger partial charge in [-0.2, -0.15) is 0 Å². The van der Waals surface area contributed by atoms with E-state index in [1.54, 1.807) is 22.7 Å². The van der Waals surface area contributed by atoms with Gasteiger partial charge in [0.15, 0.2) is 5.82 Å². The summed E-state index contributed by atoms with van der Waals surface area (Å²) in [5, 5.41) is 17.9. The van der Waals surface area contributed by atoms with Crippen molar-refractivity contribution in [1.82, 2.24) is 9.97 Å². The van der Waals surface area contributed by atoms with Gasteiger partial charge >= 0.3 is 0 Å². The van der Waals surface area contributed by atoms with Crippen molar-refractivity contribution in [2.75, 3.05) is 11.9 Å². The Bertz CT molecular complexity index is 707. The minimum Gasteiger partial charge on any atom is -0.388 e. The van der Waals surface area contributed by atoms with Crippen molar-refractivity contribution in [3.05, 3.63) is 28.7 Å². The number of hydrogen-bond donors (Lipinski definition) is 2. The molecule has 3 rings (SSSR count). The molecule has 0 aliphatic carbocycles. The van der Waals surface area contributed by atoms with Crippen LogP contribution >= 0.6 is 22.7 Å². The number of aliphatic hydroxyl groups is 1. The Morgan fingerprint density at radius 2 is 2.20 bits per heavy atom. The normalized spacial score (nSPS) is 11.1. The number of hydrogen-bond acceptors (Lipinski definition) is 6. The first-order valence-corrected chi connectivity index (χ1v) is 8.26. The number of rotatable bonds is 5. The van der Waals surface area contributed by atoms with Crippen LogP contribution in [0.4, 0.5) is 5.82 Å². The molecule has 0 unspecified atom stereocenters. The average molecular weight is 305 g/mol. The predicted octanol–water partition coefficient (Wildman–Crippen LogP) is 3.73. The van der Waals surface area contributed by atoms with E-state index < -0.39 is 0 Å². The molecule has 0 fully saturated rings. The molecule has 0 bridgehead atoms. The van der Waals surface area contributed by atoms with Crippen LogP contribution in [0.1, 0.15) is 19.2 Å². The topological polar surface area (TPSA) is 58.0 Å². The van der Waals surface area contributed by atoms with Gasteiger partial charge in [0, 0.05) is 22.4 Å². The second kappa shape index (κ2) is 5.87. The van der Waals surface area contributed by atoms with Crippen LogP contribution in [-0.4, -0.2) is 21.6 Å². The Hall–Kier alpha value is -1.50. The molecule has 0 amide bonds. The standard InChI is InChI=1S/C14H15N3OS2/c1-2-5-15-13-12-9(10-4-3-6-19-10)8-20-14(12)17-11(7-18)16-13/h3-4,6,8,18H,2,5,7H2,1H3,(H,15,16,17). The second-order valence-electron chi connectivity index (χ2n) is 4.38. The number of aromatic nitrogens is 2. The van der Waals surface area contributed by atoms with Crippen molar-refractivity contribution < 1.29 is 5.11 Å². The van der Waals surface area contributed by atoms with Crippen molar-refractivity contribution in [1.29, 1.82) is 0 Å². The number of fused-ring (bicyclic) bond motifs is 1. The molecule has 0 atom stereocenters. The van der Waals surface area contributed by atoms with Crippen molar-refractivity contribution in [2.24, 2.45) is 0 Å². The maximum atomic E-state index is 9.29. The lowest BCUT2D eigenvalue weighted by Crippen LogP contribution is -2.05. The Kier molecular flexibility index (Phi) is 3.95. The summed E-state index contributed by atoms with van der Waals surface area (Å²) < 4.78 is 0. The maximum absolute atomic E-state index is 9.29. The first-order valence-electron chi connectivity index (χ1n) is 6.50. The van der Waals surface area contributed by atoms with Gasteiger partial charge in [-0.05, 0) is 17.9 Å². The van der Waals surface area contributed by atoms with Crippen molar-refractivity contribution in [3.63, 3.8) is 0 Å². The van der Waals surface area contributed by atoms with Gasteiger partial charge in [-0.15, -0.1) is 22.7 Å². The summed E-state index contributed by atoms with van der Waals surface area (Å²) in [7, 11) is 0. The summed E-state index contributed by atoms with van der Waals surface area (Å²) in [6, 6.07) is 4.15. The number of aliphatic hydroxyl groups excluding tert-OH is 1. The van der Waals surface area contributed by atoms with Gasteiger partial charge in [-0.3, -0.25) is 0 Å². The molecule has 4 nitrogen and oxygen atoms in total.